The van der Waals surface area contributed by atoms with Crippen molar-refractivity contribution in [1.29, 1.82) is 0 Å². The fourth-order valence-electron chi connectivity index (χ4n) is 0.905. The summed E-state index contributed by atoms with van der Waals surface area (Å²) in [6, 6.07) is 0. The van der Waals surface area contributed by atoms with E-state index >= 15 is 0 Å². The summed E-state index contributed by atoms with van der Waals surface area (Å²) in [6.45, 7) is 0.868. The Morgan fingerprint density at radius 3 is 3.25 bits per heavy atom. The van der Waals surface area contributed by atoms with Gasteiger partial charge in [-0.25, -0.2) is 0 Å². The van der Waals surface area contributed by atoms with Gasteiger partial charge in [-0.05, 0) is 5.92 Å². The van der Waals surface area contributed by atoms with Gasteiger partial charge in [-0.2, -0.15) is 0 Å². The van der Waals surface area contributed by atoms with Crippen LogP contribution in [0.5, 0.6) is 0 Å². The summed E-state index contributed by atoms with van der Waals surface area (Å²) < 4.78 is 4.95. The molecule has 1 nitrogen and oxygen atoms in total. The summed E-state index contributed by atoms with van der Waals surface area (Å²) in [5.41, 5.74) is 0. The van der Waals surface area contributed by atoms with Crippen LogP contribution >= 0.6 is 0 Å². The SMILES string of the molecule is COC[C@H]1C=C[B]C1. The number of hydrogen-bond donors (Lipinski definition) is 0. The molecule has 0 spiro atoms. The monoisotopic (exact) mass is 109 g/mol. The number of methoxy groups -OCH3 is 1. The zero-order valence-electron chi connectivity index (χ0n) is 5.13. The molecule has 0 aromatic rings. The lowest BCUT2D eigenvalue weighted by atomic mass is 9.77. The van der Waals surface area contributed by atoms with Gasteiger partial charge in [0.1, 0.15) is 7.28 Å². The minimum absolute atomic E-state index is 0.653. The van der Waals surface area contributed by atoms with E-state index in [4.69, 9.17) is 4.74 Å². The summed E-state index contributed by atoms with van der Waals surface area (Å²) in [6.07, 6.45) is 3.34. The molecule has 0 aliphatic carbocycles. The van der Waals surface area contributed by atoms with Crippen molar-refractivity contribution < 1.29 is 4.74 Å². The van der Waals surface area contributed by atoms with E-state index in [2.05, 4.69) is 19.3 Å². The van der Waals surface area contributed by atoms with Crippen molar-refractivity contribution in [1.82, 2.24) is 0 Å². The molecular weight excluding hydrogens is 98.9 g/mol. The molecule has 0 aromatic carbocycles. The van der Waals surface area contributed by atoms with E-state index in [0.29, 0.717) is 5.92 Å². The summed E-state index contributed by atoms with van der Waals surface area (Å²) >= 11 is 0. The second kappa shape index (κ2) is 2.93. The van der Waals surface area contributed by atoms with Crippen molar-refractivity contribution in [2.75, 3.05) is 13.7 Å². The molecule has 0 N–H and O–H groups in total. The van der Waals surface area contributed by atoms with Gasteiger partial charge >= 0.3 is 0 Å². The lowest BCUT2D eigenvalue weighted by Crippen LogP contribution is -2.01. The van der Waals surface area contributed by atoms with Gasteiger partial charge in [-0.3, -0.25) is 0 Å². The largest absolute Gasteiger partial charge is 0.384 e. The van der Waals surface area contributed by atoms with E-state index in [1.165, 1.54) is 0 Å². The van der Waals surface area contributed by atoms with Crippen LogP contribution in [0.2, 0.25) is 6.32 Å². The van der Waals surface area contributed by atoms with E-state index in [1.807, 2.05) is 0 Å². The highest BCUT2D eigenvalue weighted by molar-refractivity contribution is 6.43. The van der Waals surface area contributed by atoms with E-state index in [-0.39, 0.29) is 0 Å². The number of rotatable bonds is 2. The first-order valence-corrected chi connectivity index (χ1v) is 2.92. The van der Waals surface area contributed by atoms with Crippen LogP contribution in [-0.2, 0) is 4.74 Å². The Balaban J connectivity index is 2.16. The first-order valence-electron chi connectivity index (χ1n) is 2.92. The van der Waals surface area contributed by atoms with Gasteiger partial charge in [0.05, 0.1) is 6.61 Å². The first-order chi connectivity index (χ1) is 3.93. The molecule has 1 heterocycles. The second-order valence-corrected chi connectivity index (χ2v) is 2.07. The van der Waals surface area contributed by atoms with Crippen LogP contribution in [0, 0.1) is 5.92 Å². The zero-order chi connectivity index (χ0) is 5.82. The molecule has 0 aromatic heterocycles. The quantitative estimate of drug-likeness (QED) is 0.478. The van der Waals surface area contributed by atoms with E-state index in [0.717, 1.165) is 12.9 Å². The van der Waals surface area contributed by atoms with Crippen LogP contribution < -0.4 is 0 Å². The molecule has 0 unspecified atom stereocenters. The van der Waals surface area contributed by atoms with Crippen LogP contribution in [-0.4, -0.2) is 21.0 Å². The van der Waals surface area contributed by atoms with Crippen molar-refractivity contribution in [2.45, 2.75) is 6.32 Å². The second-order valence-electron chi connectivity index (χ2n) is 2.07. The fourth-order valence-corrected chi connectivity index (χ4v) is 0.905. The average molecular weight is 109 g/mol. The van der Waals surface area contributed by atoms with Gasteiger partial charge in [0.15, 0.2) is 0 Å². The Hall–Kier alpha value is -0.235. The molecular formula is C6H10BO. The van der Waals surface area contributed by atoms with E-state index in [1.54, 1.807) is 7.11 Å². The Kier molecular flexibility index (Phi) is 2.16. The molecule has 0 saturated carbocycles. The van der Waals surface area contributed by atoms with E-state index < -0.39 is 0 Å². The van der Waals surface area contributed by atoms with Crippen molar-refractivity contribution in [3.63, 3.8) is 0 Å². The molecule has 0 fully saturated rings. The van der Waals surface area contributed by atoms with Gasteiger partial charge in [0.2, 0.25) is 0 Å². The molecule has 1 aliphatic heterocycles. The maximum absolute atomic E-state index is 4.95. The van der Waals surface area contributed by atoms with Crippen LogP contribution in [0.1, 0.15) is 0 Å². The molecule has 8 heavy (non-hydrogen) atoms. The standard InChI is InChI=1S/C6H10BO/c1-8-5-6-2-3-7-4-6/h2-3,6H,4-5H2,1H3/t6-/m0/s1. The topological polar surface area (TPSA) is 9.23 Å². The highest BCUT2D eigenvalue weighted by atomic mass is 16.5. The van der Waals surface area contributed by atoms with E-state index in [9.17, 15) is 0 Å². The first kappa shape index (κ1) is 5.89. The van der Waals surface area contributed by atoms with Crippen molar-refractivity contribution in [3.05, 3.63) is 12.1 Å². The minimum Gasteiger partial charge on any atom is -0.384 e. The predicted molar refractivity (Wildman–Crippen MR) is 35.1 cm³/mol. The van der Waals surface area contributed by atoms with Gasteiger partial charge in [-0.15, -0.1) is 5.98 Å². The Labute approximate surface area is 51.0 Å². The van der Waals surface area contributed by atoms with Crippen LogP contribution in [0.4, 0.5) is 0 Å². The number of hydrogen-bond acceptors (Lipinski definition) is 1. The van der Waals surface area contributed by atoms with Gasteiger partial charge in [0.25, 0.3) is 0 Å². The van der Waals surface area contributed by atoms with Crippen molar-refractivity contribution in [3.8, 4) is 0 Å². The molecule has 1 radical (unpaired) electrons. The fraction of sp³-hybridized carbons (Fsp3) is 0.667. The van der Waals surface area contributed by atoms with Gasteiger partial charge in [0, 0.05) is 7.11 Å². The van der Waals surface area contributed by atoms with Gasteiger partial charge < -0.3 is 4.74 Å². The average Bonchev–Trinajstić information content (AvgIpc) is 2.19. The third-order valence-electron chi connectivity index (χ3n) is 1.34. The highest BCUT2D eigenvalue weighted by Crippen LogP contribution is 2.11. The summed E-state index contributed by atoms with van der Waals surface area (Å²) in [4.78, 5) is 0. The molecule has 1 aliphatic rings. The highest BCUT2D eigenvalue weighted by Gasteiger charge is 2.07. The summed E-state index contributed by atoms with van der Waals surface area (Å²) in [5, 5.41) is 0. The third kappa shape index (κ3) is 1.37. The summed E-state index contributed by atoms with van der Waals surface area (Å²) in [7, 11) is 3.91. The third-order valence-corrected chi connectivity index (χ3v) is 1.34. The molecule has 1 atom stereocenters. The molecule has 0 amide bonds. The molecule has 0 bridgehead atoms. The Bertz CT molecular complexity index is 90.5. The lowest BCUT2D eigenvalue weighted by molar-refractivity contribution is 0.177. The van der Waals surface area contributed by atoms with Crippen molar-refractivity contribution >= 4 is 7.28 Å². The zero-order valence-corrected chi connectivity index (χ0v) is 5.13. The normalized spacial score (nSPS) is 25.9. The summed E-state index contributed by atoms with van der Waals surface area (Å²) in [5.74, 6) is 2.75. The smallest absolute Gasteiger partial charge is 0.141 e. The number of ether oxygens (including phenoxy) is 1. The lowest BCUT2D eigenvalue weighted by Gasteiger charge is -2.02. The van der Waals surface area contributed by atoms with Crippen molar-refractivity contribution in [2.24, 2.45) is 5.92 Å². The van der Waals surface area contributed by atoms with Crippen LogP contribution in [0.25, 0.3) is 0 Å². The molecule has 43 valence electrons. The maximum atomic E-state index is 4.95. The molecule has 0 saturated heterocycles. The molecule has 2 heteroatoms. The molecule has 1 rings (SSSR count). The Morgan fingerprint density at radius 2 is 2.75 bits per heavy atom. The Morgan fingerprint density at radius 1 is 1.88 bits per heavy atom. The van der Waals surface area contributed by atoms with Crippen LogP contribution in [0.3, 0.4) is 0 Å². The minimum atomic E-state index is 0.653. The maximum Gasteiger partial charge on any atom is 0.141 e. The van der Waals surface area contributed by atoms with Crippen LogP contribution in [0.15, 0.2) is 12.1 Å². The predicted octanol–water partition coefficient (Wildman–Crippen LogP) is 0.899. The van der Waals surface area contributed by atoms with Gasteiger partial charge in [-0.1, -0.05) is 12.4 Å².